The van der Waals surface area contributed by atoms with E-state index in [0.717, 1.165) is 15.9 Å². The Balaban J connectivity index is 1.79. The molecule has 0 saturated carbocycles. The minimum Gasteiger partial charge on any atom is -0.283 e. The minimum atomic E-state index is -0.472. The van der Waals surface area contributed by atoms with Crippen molar-refractivity contribution in [3.05, 3.63) is 98.7 Å². The number of aromatic nitrogens is 5. The maximum absolute atomic E-state index is 13.3. The lowest BCUT2D eigenvalue weighted by molar-refractivity contribution is 0.623. The molecule has 0 saturated heterocycles. The van der Waals surface area contributed by atoms with Crippen molar-refractivity contribution in [2.24, 2.45) is 7.05 Å². The molecule has 5 rings (SSSR count). The van der Waals surface area contributed by atoms with Gasteiger partial charge in [-0.3, -0.25) is 22.9 Å². The fraction of sp³-hybridized carbons (Fsp3) is 0.136. The van der Waals surface area contributed by atoms with Gasteiger partial charge in [0.15, 0.2) is 11.2 Å². The molecule has 0 unspecified atom stereocenters. The van der Waals surface area contributed by atoms with E-state index in [9.17, 15) is 14.0 Å². The number of fused-ring (bicyclic) bond motifs is 3. The van der Waals surface area contributed by atoms with Gasteiger partial charge in [0.25, 0.3) is 5.56 Å². The highest BCUT2D eigenvalue weighted by molar-refractivity contribution is 5.76. The highest BCUT2D eigenvalue weighted by Gasteiger charge is 2.20. The molecule has 2 aromatic carbocycles. The molecule has 3 heterocycles. The molecule has 0 spiro atoms. The first-order chi connectivity index (χ1) is 14.5. The summed E-state index contributed by atoms with van der Waals surface area (Å²) < 4.78 is 19.4. The second-order valence-corrected chi connectivity index (χ2v) is 7.25. The number of para-hydroxylation sites is 1. The quantitative estimate of drug-likeness (QED) is 0.465. The van der Waals surface area contributed by atoms with Crippen LogP contribution in [0.25, 0.3) is 22.6 Å². The van der Waals surface area contributed by atoms with Crippen LogP contribution in [0.1, 0.15) is 11.3 Å². The van der Waals surface area contributed by atoms with E-state index in [1.54, 1.807) is 23.6 Å². The number of hydrogen-bond donors (Lipinski definition) is 0. The van der Waals surface area contributed by atoms with E-state index >= 15 is 0 Å². The van der Waals surface area contributed by atoms with E-state index in [0.29, 0.717) is 22.5 Å². The van der Waals surface area contributed by atoms with Crippen LogP contribution >= 0.6 is 0 Å². The van der Waals surface area contributed by atoms with Crippen LogP contribution in [-0.4, -0.2) is 23.1 Å². The minimum absolute atomic E-state index is 0.0489. The van der Waals surface area contributed by atoms with Crippen LogP contribution in [0.5, 0.6) is 0 Å². The third-order valence-corrected chi connectivity index (χ3v) is 5.29. The Kier molecular flexibility index (Phi) is 3.95. The van der Waals surface area contributed by atoms with Gasteiger partial charge in [-0.25, -0.2) is 9.18 Å². The van der Waals surface area contributed by atoms with Gasteiger partial charge in [0, 0.05) is 24.6 Å². The van der Waals surface area contributed by atoms with Crippen LogP contribution in [0.15, 0.2) is 70.4 Å². The molecule has 150 valence electrons. The third-order valence-electron chi connectivity index (χ3n) is 5.29. The molecule has 8 heteroatoms. The van der Waals surface area contributed by atoms with Crippen molar-refractivity contribution in [3.63, 3.8) is 0 Å². The van der Waals surface area contributed by atoms with Crippen LogP contribution in [0.4, 0.5) is 4.39 Å². The Labute approximate surface area is 169 Å². The zero-order chi connectivity index (χ0) is 21.0. The summed E-state index contributed by atoms with van der Waals surface area (Å²) in [5, 5.41) is 0. The Bertz CT molecular complexity index is 1520. The highest BCUT2D eigenvalue weighted by atomic mass is 19.1. The Morgan fingerprint density at radius 2 is 1.70 bits per heavy atom. The van der Waals surface area contributed by atoms with E-state index in [1.165, 1.54) is 16.7 Å². The molecule has 0 atom stereocenters. The average molecular weight is 403 g/mol. The van der Waals surface area contributed by atoms with Gasteiger partial charge < -0.3 is 0 Å². The lowest BCUT2D eigenvalue weighted by atomic mass is 10.2. The van der Waals surface area contributed by atoms with Crippen molar-refractivity contribution < 1.29 is 4.39 Å². The first-order valence-electron chi connectivity index (χ1n) is 9.45. The predicted octanol–water partition coefficient (Wildman–Crippen LogP) is 2.63. The molecule has 0 aliphatic rings. The van der Waals surface area contributed by atoms with Crippen molar-refractivity contribution in [2.45, 2.75) is 13.5 Å². The van der Waals surface area contributed by atoms with Crippen LogP contribution < -0.4 is 11.2 Å². The Morgan fingerprint density at radius 1 is 1.00 bits per heavy atom. The van der Waals surface area contributed by atoms with Gasteiger partial charge in [-0.2, -0.15) is 4.98 Å². The van der Waals surface area contributed by atoms with Crippen LogP contribution in [0.2, 0.25) is 0 Å². The van der Waals surface area contributed by atoms with Gasteiger partial charge in [0.05, 0.1) is 6.54 Å². The molecular weight excluding hydrogens is 385 g/mol. The summed E-state index contributed by atoms with van der Waals surface area (Å²) in [6.07, 6.45) is 1.84. The fourth-order valence-electron chi connectivity index (χ4n) is 3.82. The second-order valence-electron chi connectivity index (χ2n) is 7.25. The van der Waals surface area contributed by atoms with Gasteiger partial charge in [-0.15, -0.1) is 0 Å². The van der Waals surface area contributed by atoms with Crippen molar-refractivity contribution in [1.82, 2.24) is 23.1 Å². The normalized spacial score (nSPS) is 11.6. The summed E-state index contributed by atoms with van der Waals surface area (Å²) in [5.41, 5.74) is 2.22. The Morgan fingerprint density at radius 3 is 2.40 bits per heavy atom. The number of halogens is 1. The molecule has 0 radical (unpaired) electrons. The molecule has 0 fully saturated rings. The summed E-state index contributed by atoms with van der Waals surface area (Å²) in [5.74, 6) is 0.185. The summed E-state index contributed by atoms with van der Waals surface area (Å²) >= 11 is 0. The fourth-order valence-corrected chi connectivity index (χ4v) is 3.82. The third kappa shape index (κ3) is 2.61. The lowest BCUT2D eigenvalue weighted by Gasteiger charge is -2.08. The monoisotopic (exact) mass is 403 g/mol. The van der Waals surface area contributed by atoms with E-state index in [2.05, 4.69) is 4.98 Å². The summed E-state index contributed by atoms with van der Waals surface area (Å²) in [6, 6.07) is 15.4. The molecule has 7 nitrogen and oxygen atoms in total. The zero-order valence-electron chi connectivity index (χ0n) is 16.4. The molecule has 0 N–H and O–H groups in total. The van der Waals surface area contributed by atoms with E-state index in [1.807, 2.05) is 48.0 Å². The van der Waals surface area contributed by atoms with E-state index < -0.39 is 11.2 Å². The topological polar surface area (TPSA) is 66.2 Å². The zero-order valence-corrected chi connectivity index (χ0v) is 16.4. The first kappa shape index (κ1) is 18.1. The maximum Gasteiger partial charge on any atom is 0.332 e. The highest BCUT2D eigenvalue weighted by Crippen LogP contribution is 2.20. The molecule has 3 aromatic heterocycles. The predicted molar refractivity (Wildman–Crippen MR) is 112 cm³/mol. The van der Waals surface area contributed by atoms with Gasteiger partial charge >= 0.3 is 5.69 Å². The smallest absolute Gasteiger partial charge is 0.283 e. The van der Waals surface area contributed by atoms with Crippen molar-refractivity contribution in [2.75, 3.05) is 0 Å². The van der Waals surface area contributed by atoms with Crippen LogP contribution in [0, 0.1) is 12.7 Å². The number of benzene rings is 2. The first-order valence-corrected chi connectivity index (χ1v) is 9.45. The molecular formula is C22H18FN5O2. The van der Waals surface area contributed by atoms with Crippen LogP contribution in [0.3, 0.4) is 0 Å². The summed E-state index contributed by atoms with van der Waals surface area (Å²) in [4.78, 5) is 30.8. The lowest BCUT2D eigenvalue weighted by Crippen LogP contribution is -2.39. The number of hydrogen-bond acceptors (Lipinski definition) is 3. The average Bonchev–Trinajstić information content (AvgIpc) is 3.26. The maximum atomic E-state index is 13.3. The standard InChI is InChI=1S/C22H18FN5O2/c1-14-12-26-18-19(24-21(26)28(14)17-6-4-3-5-7-17)25(2)22(30)27(20(18)29)13-15-8-10-16(23)11-9-15/h3-12H,13H2,1-2H3. The van der Waals surface area contributed by atoms with Crippen LogP contribution in [-0.2, 0) is 13.6 Å². The molecule has 0 aliphatic carbocycles. The van der Waals surface area contributed by atoms with Crippen molar-refractivity contribution in [1.29, 1.82) is 0 Å². The van der Waals surface area contributed by atoms with Crippen molar-refractivity contribution >= 4 is 16.9 Å². The second kappa shape index (κ2) is 6.55. The van der Waals surface area contributed by atoms with Gasteiger partial charge in [0.1, 0.15) is 5.82 Å². The number of nitrogens with zero attached hydrogens (tertiary/aromatic N) is 5. The molecule has 5 aromatic rings. The molecule has 0 amide bonds. The largest absolute Gasteiger partial charge is 0.332 e. The molecule has 0 aliphatic heterocycles. The number of aryl methyl sites for hydroxylation is 2. The Hall–Kier alpha value is -3.94. The summed E-state index contributed by atoms with van der Waals surface area (Å²) in [7, 11) is 1.59. The molecule has 30 heavy (non-hydrogen) atoms. The van der Waals surface area contributed by atoms with Gasteiger partial charge in [-0.1, -0.05) is 30.3 Å². The van der Waals surface area contributed by atoms with Gasteiger partial charge in [0.2, 0.25) is 5.78 Å². The SMILES string of the molecule is Cc1cn2c3c(=O)n(Cc4ccc(F)cc4)c(=O)n(C)c3nc2n1-c1ccccc1. The van der Waals surface area contributed by atoms with E-state index in [-0.39, 0.29) is 12.4 Å². The van der Waals surface area contributed by atoms with Gasteiger partial charge in [-0.05, 0) is 36.8 Å². The van der Waals surface area contributed by atoms with Crippen molar-refractivity contribution in [3.8, 4) is 5.69 Å². The van der Waals surface area contributed by atoms with E-state index in [4.69, 9.17) is 0 Å². The molecule has 0 bridgehead atoms. The summed E-state index contributed by atoms with van der Waals surface area (Å²) in [6.45, 7) is 1.99. The number of imidazole rings is 2. The number of rotatable bonds is 3.